The first-order valence-electron chi connectivity index (χ1n) is 13.5. The van der Waals surface area contributed by atoms with Crippen LogP contribution in [-0.4, -0.2) is 110 Å². The fourth-order valence-corrected chi connectivity index (χ4v) is 7.42. The van der Waals surface area contributed by atoms with Crippen LogP contribution < -0.4 is 0 Å². The summed E-state index contributed by atoms with van der Waals surface area (Å²) in [6, 6.07) is 7.43. The van der Waals surface area contributed by atoms with E-state index in [1.165, 1.54) is 17.0 Å². The minimum atomic E-state index is -4.40. The molecule has 11 nitrogen and oxygen atoms in total. The summed E-state index contributed by atoms with van der Waals surface area (Å²) in [5.74, 6) is -0.744. The molecule has 40 heavy (non-hydrogen) atoms. The Morgan fingerprint density at radius 3 is 2.60 bits per heavy atom. The van der Waals surface area contributed by atoms with Crippen molar-refractivity contribution in [2.45, 2.75) is 49.2 Å². The van der Waals surface area contributed by atoms with Crippen LogP contribution in [0.4, 0.5) is 0 Å². The standard InChI is InChI=1S/C27H33ClN4O7S/c1-19(26(34)31-9-2-3-23(31)17-29-11-13-38-14-12-29)30-10-8-25(27(30)35)32(39-18-33)40(36,37)24-7-5-20-15-22(28)6-4-21(20)16-24/h4-7,15-16,18-19,23,25H,2-3,8-14,17H2,1H3/t19-,23?,25?/m0/s1. The number of halogens is 1. The van der Waals surface area contributed by atoms with Gasteiger partial charge in [-0.1, -0.05) is 23.7 Å². The molecule has 0 aromatic heterocycles. The smallest absolute Gasteiger partial charge is 0.314 e. The van der Waals surface area contributed by atoms with Crippen molar-refractivity contribution in [1.82, 2.24) is 19.2 Å². The monoisotopic (exact) mass is 592 g/mol. The predicted molar refractivity (Wildman–Crippen MR) is 147 cm³/mol. The van der Waals surface area contributed by atoms with Crippen molar-refractivity contribution in [3.05, 3.63) is 41.4 Å². The largest absolute Gasteiger partial charge is 0.379 e. The predicted octanol–water partition coefficient (Wildman–Crippen LogP) is 1.88. The minimum absolute atomic E-state index is 0.0106. The van der Waals surface area contributed by atoms with Crippen LogP contribution in [0.15, 0.2) is 41.3 Å². The van der Waals surface area contributed by atoms with E-state index in [1.807, 2.05) is 4.90 Å². The zero-order valence-corrected chi connectivity index (χ0v) is 23.8. The lowest BCUT2D eigenvalue weighted by atomic mass is 10.1. The van der Waals surface area contributed by atoms with Gasteiger partial charge in [-0.3, -0.25) is 19.3 Å². The highest BCUT2D eigenvalue weighted by Crippen LogP contribution is 2.30. The molecule has 216 valence electrons. The summed E-state index contributed by atoms with van der Waals surface area (Å²) >= 11 is 6.04. The highest BCUT2D eigenvalue weighted by molar-refractivity contribution is 7.89. The van der Waals surface area contributed by atoms with Gasteiger partial charge in [-0.15, -0.1) is 0 Å². The highest BCUT2D eigenvalue weighted by Gasteiger charge is 2.47. The van der Waals surface area contributed by atoms with E-state index in [-0.39, 0.29) is 36.3 Å². The number of rotatable bonds is 9. The van der Waals surface area contributed by atoms with Gasteiger partial charge in [-0.05, 0) is 65.7 Å². The summed E-state index contributed by atoms with van der Waals surface area (Å²) < 4.78 is 33.0. The third-order valence-electron chi connectivity index (χ3n) is 7.98. The zero-order valence-electron chi connectivity index (χ0n) is 22.3. The van der Waals surface area contributed by atoms with E-state index >= 15 is 0 Å². The van der Waals surface area contributed by atoms with E-state index in [4.69, 9.17) is 21.2 Å². The molecule has 2 unspecified atom stereocenters. The third kappa shape index (κ3) is 5.68. The zero-order chi connectivity index (χ0) is 28.4. The van der Waals surface area contributed by atoms with Gasteiger partial charge >= 0.3 is 6.47 Å². The Morgan fingerprint density at radius 2 is 1.85 bits per heavy atom. The molecule has 13 heteroatoms. The molecule has 3 saturated heterocycles. The molecule has 3 aliphatic rings. The number of amides is 2. The van der Waals surface area contributed by atoms with Crippen molar-refractivity contribution in [2.75, 3.05) is 45.9 Å². The van der Waals surface area contributed by atoms with Gasteiger partial charge in [0, 0.05) is 43.8 Å². The lowest BCUT2D eigenvalue weighted by molar-refractivity contribution is -0.163. The number of nitrogens with zero attached hydrogens (tertiary/aromatic N) is 4. The summed E-state index contributed by atoms with van der Waals surface area (Å²) in [4.78, 5) is 48.8. The third-order valence-corrected chi connectivity index (χ3v) is 9.88. The van der Waals surface area contributed by atoms with Crippen LogP contribution in [0, 0.1) is 0 Å². The van der Waals surface area contributed by atoms with Gasteiger partial charge in [0.2, 0.25) is 11.8 Å². The molecule has 5 rings (SSSR count). The second-order valence-corrected chi connectivity index (χ2v) is 12.6. The molecule has 0 spiro atoms. The first kappa shape index (κ1) is 28.7. The van der Waals surface area contributed by atoms with Gasteiger partial charge in [0.15, 0.2) is 0 Å². The molecule has 3 atom stereocenters. The number of fused-ring (bicyclic) bond motifs is 1. The van der Waals surface area contributed by atoms with Crippen LogP contribution in [0.2, 0.25) is 5.02 Å². The Hall–Kier alpha value is -2.77. The average Bonchev–Trinajstić information content (AvgIpc) is 3.57. The molecular weight excluding hydrogens is 560 g/mol. The molecule has 0 radical (unpaired) electrons. The fourth-order valence-electron chi connectivity index (χ4n) is 5.84. The van der Waals surface area contributed by atoms with Crippen LogP contribution in [-0.2, 0) is 34.0 Å². The number of sulfonamides is 1. The Bertz CT molecular complexity index is 1380. The number of hydrogen-bond acceptors (Lipinski definition) is 8. The fraction of sp³-hybridized carbons (Fsp3) is 0.519. The maximum absolute atomic E-state index is 13.6. The van der Waals surface area contributed by atoms with Gasteiger partial charge < -0.3 is 19.4 Å². The number of hydrogen-bond donors (Lipinski definition) is 0. The second-order valence-electron chi connectivity index (χ2n) is 10.4. The number of carbonyl (C=O) groups excluding carboxylic acids is 3. The van der Waals surface area contributed by atoms with Crippen LogP contribution in [0.5, 0.6) is 0 Å². The van der Waals surface area contributed by atoms with Crippen LogP contribution in [0.25, 0.3) is 10.8 Å². The van der Waals surface area contributed by atoms with Crippen molar-refractivity contribution in [3.8, 4) is 0 Å². The molecule has 3 heterocycles. The van der Waals surface area contributed by atoms with Gasteiger partial charge in [0.1, 0.15) is 12.1 Å². The molecule has 3 aliphatic heterocycles. The van der Waals surface area contributed by atoms with Crippen molar-refractivity contribution in [2.24, 2.45) is 0 Å². The highest BCUT2D eigenvalue weighted by atomic mass is 35.5. The molecule has 3 fully saturated rings. The van der Waals surface area contributed by atoms with E-state index in [0.717, 1.165) is 37.9 Å². The lowest BCUT2D eigenvalue weighted by Crippen LogP contribution is -2.53. The molecule has 2 aromatic carbocycles. The Labute approximate surface area is 238 Å². The Kier molecular flexibility index (Phi) is 8.62. The SMILES string of the molecule is C[C@@H](C(=O)N1CCCC1CN1CCOCC1)N1CCC(N(OC=O)S(=O)(=O)c2ccc3cc(Cl)ccc3c2)C1=O. The topological polar surface area (TPSA) is 117 Å². The number of likely N-dealkylation sites (tertiary alicyclic amines) is 2. The van der Waals surface area contributed by atoms with Crippen LogP contribution in [0.1, 0.15) is 26.2 Å². The molecule has 0 N–H and O–H groups in total. The molecule has 0 saturated carbocycles. The normalized spacial score (nSPS) is 23.2. The number of ether oxygens (including phenoxy) is 1. The maximum Gasteiger partial charge on any atom is 0.314 e. The first-order valence-corrected chi connectivity index (χ1v) is 15.3. The van der Waals surface area contributed by atoms with E-state index < -0.39 is 28.0 Å². The number of hydroxylamine groups is 1. The van der Waals surface area contributed by atoms with Gasteiger partial charge in [-0.25, -0.2) is 8.42 Å². The molecule has 0 bridgehead atoms. The van der Waals surface area contributed by atoms with Crippen molar-refractivity contribution in [3.63, 3.8) is 0 Å². The van der Waals surface area contributed by atoms with E-state index in [0.29, 0.717) is 34.6 Å². The average molecular weight is 593 g/mol. The Balaban J connectivity index is 1.31. The summed E-state index contributed by atoms with van der Waals surface area (Å²) in [7, 11) is -4.40. The van der Waals surface area contributed by atoms with Crippen molar-refractivity contribution >= 4 is 50.7 Å². The number of carbonyl (C=O) groups is 3. The van der Waals surface area contributed by atoms with Crippen molar-refractivity contribution < 1.29 is 32.4 Å². The minimum Gasteiger partial charge on any atom is -0.379 e. The van der Waals surface area contributed by atoms with Gasteiger partial charge in [0.25, 0.3) is 10.0 Å². The van der Waals surface area contributed by atoms with Gasteiger partial charge in [0.05, 0.1) is 18.1 Å². The quantitative estimate of drug-likeness (QED) is 0.320. The van der Waals surface area contributed by atoms with Crippen molar-refractivity contribution in [1.29, 1.82) is 0 Å². The summed E-state index contributed by atoms with van der Waals surface area (Å²) in [6.45, 7) is 6.19. The lowest BCUT2D eigenvalue weighted by Gasteiger charge is -2.35. The van der Waals surface area contributed by atoms with E-state index in [9.17, 15) is 22.8 Å². The van der Waals surface area contributed by atoms with Crippen LogP contribution >= 0.6 is 11.6 Å². The molecule has 2 aromatic rings. The molecule has 2 amide bonds. The second kappa shape index (κ2) is 12.0. The summed E-state index contributed by atoms with van der Waals surface area (Å²) in [5, 5.41) is 1.86. The first-order chi connectivity index (χ1) is 19.2. The molecule has 0 aliphatic carbocycles. The Morgan fingerprint density at radius 1 is 1.12 bits per heavy atom. The number of morpholine rings is 1. The van der Waals surface area contributed by atoms with Gasteiger partial charge in [-0.2, -0.15) is 0 Å². The van der Waals surface area contributed by atoms with E-state index in [2.05, 4.69) is 4.90 Å². The van der Waals surface area contributed by atoms with E-state index in [1.54, 1.807) is 31.2 Å². The van der Waals surface area contributed by atoms with Crippen LogP contribution in [0.3, 0.4) is 0 Å². The molecular formula is C27H33ClN4O7S. The maximum atomic E-state index is 13.6. The number of benzene rings is 2. The summed E-state index contributed by atoms with van der Waals surface area (Å²) in [6.07, 6.45) is 1.86. The summed E-state index contributed by atoms with van der Waals surface area (Å²) in [5.41, 5.74) is 0.